The number of allylic oxidation sites excluding steroid dienone is 1. The molecule has 0 atom stereocenters. The van der Waals surface area contributed by atoms with Crippen LogP contribution in [0, 0.1) is 6.92 Å². The normalized spacial score (nSPS) is 11.5. The van der Waals surface area contributed by atoms with Crippen LogP contribution in [0.15, 0.2) is 72.9 Å². The predicted octanol–water partition coefficient (Wildman–Crippen LogP) is 5.85. The second-order valence-electron chi connectivity index (χ2n) is 8.92. The van der Waals surface area contributed by atoms with Gasteiger partial charge in [-0.25, -0.2) is 4.79 Å². The molecule has 2 aromatic carbocycles. The average molecular weight is 446 g/mol. The van der Waals surface area contributed by atoms with Crippen molar-refractivity contribution < 1.29 is 19.1 Å². The largest absolute Gasteiger partial charge is 0.482 e. The summed E-state index contributed by atoms with van der Waals surface area (Å²) in [6.07, 6.45) is 6.77. The van der Waals surface area contributed by atoms with Crippen molar-refractivity contribution in [2.75, 3.05) is 6.61 Å². The number of nitrogens with zero attached hydrogens (tertiary/aromatic N) is 1. The van der Waals surface area contributed by atoms with E-state index in [1.807, 2.05) is 105 Å². The summed E-state index contributed by atoms with van der Waals surface area (Å²) in [6.45, 7) is 8.05. The average Bonchev–Trinajstić information content (AvgIpc) is 3.23. The molecule has 172 valence electrons. The maximum atomic E-state index is 12.8. The molecule has 0 N–H and O–H groups in total. The lowest BCUT2D eigenvalue weighted by Crippen LogP contribution is -2.27. The van der Waals surface area contributed by atoms with Crippen LogP contribution < -0.4 is 4.74 Å². The summed E-state index contributed by atoms with van der Waals surface area (Å²) >= 11 is 0. The second-order valence-corrected chi connectivity index (χ2v) is 8.92. The van der Waals surface area contributed by atoms with Gasteiger partial charge in [0.15, 0.2) is 6.61 Å². The van der Waals surface area contributed by atoms with E-state index in [-0.39, 0.29) is 12.4 Å². The fourth-order valence-corrected chi connectivity index (χ4v) is 3.32. The molecular formula is C28H31NO4. The van der Waals surface area contributed by atoms with E-state index in [4.69, 9.17) is 9.47 Å². The number of carbonyl (C=O) groups is 2. The fraction of sp³-hybridized carbons (Fsp3) is 0.286. The highest BCUT2D eigenvalue weighted by Gasteiger charge is 2.16. The fourth-order valence-electron chi connectivity index (χ4n) is 3.32. The van der Waals surface area contributed by atoms with Crippen LogP contribution in [-0.4, -0.2) is 28.5 Å². The maximum absolute atomic E-state index is 12.8. The first-order valence-corrected chi connectivity index (χ1v) is 11.1. The van der Waals surface area contributed by atoms with Crippen LogP contribution in [0.1, 0.15) is 54.4 Å². The Bertz CT molecular complexity index is 1120. The van der Waals surface area contributed by atoms with Crippen molar-refractivity contribution in [1.29, 1.82) is 0 Å². The number of hydrogen-bond acceptors (Lipinski definition) is 4. The highest BCUT2D eigenvalue weighted by molar-refractivity contribution is 6.08. The Kier molecular flexibility index (Phi) is 7.88. The van der Waals surface area contributed by atoms with Crippen molar-refractivity contribution in [2.24, 2.45) is 0 Å². The summed E-state index contributed by atoms with van der Waals surface area (Å²) in [7, 11) is 0. The van der Waals surface area contributed by atoms with E-state index < -0.39 is 11.6 Å². The smallest absolute Gasteiger partial charge is 0.344 e. The molecule has 0 saturated heterocycles. The van der Waals surface area contributed by atoms with Gasteiger partial charge in [-0.15, -0.1) is 0 Å². The highest BCUT2D eigenvalue weighted by atomic mass is 16.6. The summed E-state index contributed by atoms with van der Waals surface area (Å²) in [5.41, 5.74) is 2.95. The van der Waals surface area contributed by atoms with Gasteiger partial charge in [0.25, 0.3) is 0 Å². The Hall–Kier alpha value is -3.60. The molecule has 33 heavy (non-hydrogen) atoms. The zero-order valence-corrected chi connectivity index (χ0v) is 19.7. The van der Waals surface area contributed by atoms with Gasteiger partial charge in [-0.05, 0) is 63.9 Å². The standard InChI is InChI=1S/C28H31NO4/c1-21-13-15-23(16-14-21)27(31)25-12-8-18-29(25)17-6-5-9-22-10-7-11-24(19-22)32-20-26(30)33-28(2,3)4/h5,7-16,18-19H,6,17,20H2,1-4H3. The first kappa shape index (κ1) is 24.1. The number of rotatable bonds is 9. The van der Waals surface area contributed by atoms with Gasteiger partial charge in [-0.2, -0.15) is 0 Å². The lowest BCUT2D eigenvalue weighted by Gasteiger charge is -2.19. The number of aryl methyl sites for hydroxylation is 2. The van der Waals surface area contributed by atoms with E-state index in [0.29, 0.717) is 23.6 Å². The van der Waals surface area contributed by atoms with Crippen molar-refractivity contribution in [1.82, 2.24) is 4.57 Å². The van der Waals surface area contributed by atoms with Gasteiger partial charge in [-0.3, -0.25) is 4.79 Å². The minimum Gasteiger partial charge on any atom is -0.482 e. The third kappa shape index (κ3) is 7.49. The summed E-state index contributed by atoms with van der Waals surface area (Å²) in [6, 6.07) is 18.9. The summed E-state index contributed by atoms with van der Waals surface area (Å²) in [4.78, 5) is 24.7. The monoisotopic (exact) mass is 445 g/mol. The zero-order chi connectivity index (χ0) is 23.8. The molecule has 1 aromatic heterocycles. The number of carbonyl (C=O) groups excluding carboxylic acids is 2. The van der Waals surface area contributed by atoms with Crippen LogP contribution >= 0.6 is 0 Å². The zero-order valence-electron chi connectivity index (χ0n) is 19.7. The molecule has 0 aliphatic rings. The highest BCUT2D eigenvalue weighted by Crippen LogP contribution is 2.16. The van der Waals surface area contributed by atoms with Gasteiger partial charge in [0.05, 0.1) is 5.69 Å². The molecule has 0 radical (unpaired) electrons. The Morgan fingerprint density at radius 2 is 1.76 bits per heavy atom. The quantitative estimate of drug-likeness (QED) is 0.306. The molecule has 3 aromatic rings. The Morgan fingerprint density at radius 3 is 2.48 bits per heavy atom. The molecule has 3 rings (SSSR count). The predicted molar refractivity (Wildman–Crippen MR) is 130 cm³/mol. The van der Waals surface area contributed by atoms with Crippen LogP contribution in [0.3, 0.4) is 0 Å². The molecule has 0 saturated carbocycles. The molecule has 5 heteroatoms. The SMILES string of the molecule is Cc1ccc(C(=O)c2cccn2CCC=Cc2cccc(OCC(=O)OC(C)(C)C)c2)cc1. The lowest BCUT2D eigenvalue weighted by molar-refractivity contribution is -0.157. The second kappa shape index (κ2) is 10.8. The third-order valence-electron chi connectivity index (χ3n) is 4.86. The van der Waals surface area contributed by atoms with E-state index in [1.54, 1.807) is 0 Å². The van der Waals surface area contributed by atoms with Crippen LogP contribution in [0.2, 0.25) is 0 Å². The molecule has 1 heterocycles. The Balaban J connectivity index is 1.54. The van der Waals surface area contributed by atoms with Gasteiger partial charge >= 0.3 is 5.97 Å². The van der Waals surface area contributed by atoms with E-state index in [2.05, 4.69) is 6.08 Å². The van der Waals surface area contributed by atoms with Crippen LogP contribution in [-0.2, 0) is 16.1 Å². The number of ketones is 1. The van der Waals surface area contributed by atoms with E-state index in [1.165, 1.54) is 0 Å². The van der Waals surface area contributed by atoms with Crippen LogP contribution in [0.25, 0.3) is 6.08 Å². The minimum atomic E-state index is -0.532. The minimum absolute atomic E-state index is 0.0267. The van der Waals surface area contributed by atoms with Gasteiger partial charge < -0.3 is 14.0 Å². The lowest BCUT2D eigenvalue weighted by atomic mass is 10.1. The van der Waals surface area contributed by atoms with Gasteiger partial charge in [0, 0.05) is 18.3 Å². The van der Waals surface area contributed by atoms with Crippen LogP contribution in [0.5, 0.6) is 5.75 Å². The van der Waals surface area contributed by atoms with Crippen molar-refractivity contribution >= 4 is 17.8 Å². The first-order valence-electron chi connectivity index (χ1n) is 11.1. The van der Waals surface area contributed by atoms with Crippen LogP contribution in [0.4, 0.5) is 0 Å². The molecule has 0 bridgehead atoms. The van der Waals surface area contributed by atoms with Crippen molar-refractivity contribution in [3.63, 3.8) is 0 Å². The first-order chi connectivity index (χ1) is 15.7. The number of ether oxygens (including phenoxy) is 2. The van der Waals surface area contributed by atoms with Gasteiger partial charge in [0.2, 0.25) is 5.78 Å². The molecule has 0 unspecified atom stereocenters. The number of esters is 1. The Labute approximate surface area is 195 Å². The molecular weight excluding hydrogens is 414 g/mol. The molecule has 0 aliphatic heterocycles. The van der Waals surface area contributed by atoms with Crippen molar-refractivity contribution in [2.45, 2.75) is 46.3 Å². The summed E-state index contributed by atoms with van der Waals surface area (Å²) in [5.74, 6) is 0.240. The Morgan fingerprint density at radius 1 is 1.00 bits per heavy atom. The topological polar surface area (TPSA) is 57.5 Å². The maximum Gasteiger partial charge on any atom is 0.344 e. The van der Waals surface area contributed by atoms with E-state index in [9.17, 15) is 9.59 Å². The molecule has 0 amide bonds. The summed E-state index contributed by atoms with van der Waals surface area (Å²) < 4.78 is 12.8. The van der Waals surface area contributed by atoms with Gasteiger partial charge in [0.1, 0.15) is 11.4 Å². The third-order valence-corrected chi connectivity index (χ3v) is 4.86. The summed E-state index contributed by atoms with van der Waals surface area (Å²) in [5, 5.41) is 0. The van der Waals surface area contributed by atoms with E-state index in [0.717, 1.165) is 17.5 Å². The number of aromatic nitrogens is 1. The molecule has 0 spiro atoms. The number of benzene rings is 2. The van der Waals surface area contributed by atoms with Crippen molar-refractivity contribution in [3.8, 4) is 5.75 Å². The van der Waals surface area contributed by atoms with E-state index >= 15 is 0 Å². The van der Waals surface area contributed by atoms with Crippen molar-refractivity contribution in [3.05, 3.63) is 95.3 Å². The number of hydrogen-bond donors (Lipinski definition) is 0. The molecule has 0 fully saturated rings. The molecule has 0 aliphatic carbocycles. The van der Waals surface area contributed by atoms with Gasteiger partial charge in [-0.1, -0.05) is 54.1 Å². The molecule has 5 nitrogen and oxygen atoms in total.